The lowest BCUT2D eigenvalue weighted by Gasteiger charge is -2.04. The van der Waals surface area contributed by atoms with Crippen molar-refractivity contribution in [2.24, 2.45) is 0 Å². The molecule has 0 saturated carbocycles. The van der Waals surface area contributed by atoms with Gasteiger partial charge >= 0.3 is 11.7 Å². The molecular formula is C9H10N2O5. The van der Waals surface area contributed by atoms with Crippen molar-refractivity contribution in [3.05, 3.63) is 27.9 Å². The Hall–Kier alpha value is -2.18. The highest BCUT2D eigenvalue weighted by Gasteiger charge is 2.23. The second-order valence-electron chi connectivity index (χ2n) is 2.70. The fraction of sp³-hybridized carbons (Fsp3) is 0.333. The first-order chi connectivity index (χ1) is 7.60. The summed E-state index contributed by atoms with van der Waals surface area (Å²) in [5.41, 5.74) is -0.770. The molecule has 0 aromatic carbocycles. The molecule has 0 radical (unpaired) electrons. The molecule has 0 aliphatic carbocycles. The van der Waals surface area contributed by atoms with E-state index in [1.54, 1.807) is 6.92 Å². The van der Waals surface area contributed by atoms with Crippen LogP contribution < -0.4 is 4.74 Å². The highest BCUT2D eigenvalue weighted by Crippen LogP contribution is 2.20. The molecule has 0 spiro atoms. The van der Waals surface area contributed by atoms with Crippen LogP contribution in [-0.2, 0) is 4.74 Å². The maximum atomic E-state index is 11.3. The Balaban J connectivity index is 3.21. The normalized spacial score (nSPS) is 9.62. The van der Waals surface area contributed by atoms with Crippen molar-refractivity contribution in [3.63, 3.8) is 0 Å². The summed E-state index contributed by atoms with van der Waals surface area (Å²) >= 11 is 0. The molecule has 0 saturated heterocycles. The highest BCUT2D eigenvalue weighted by atomic mass is 16.6. The second kappa shape index (κ2) is 5.06. The second-order valence-corrected chi connectivity index (χ2v) is 2.70. The van der Waals surface area contributed by atoms with Crippen LogP contribution in [0.2, 0.25) is 0 Å². The zero-order valence-electron chi connectivity index (χ0n) is 8.80. The van der Waals surface area contributed by atoms with Crippen LogP contribution >= 0.6 is 0 Å². The molecule has 1 rings (SSSR count). The van der Waals surface area contributed by atoms with Crippen LogP contribution in [-0.4, -0.2) is 29.6 Å². The van der Waals surface area contributed by atoms with Crippen molar-refractivity contribution in [1.29, 1.82) is 0 Å². The Bertz CT molecular complexity index is 418. The van der Waals surface area contributed by atoms with E-state index < -0.39 is 16.6 Å². The van der Waals surface area contributed by atoms with Crippen LogP contribution in [0.15, 0.2) is 12.1 Å². The number of methoxy groups -OCH3 is 1. The number of pyridine rings is 1. The minimum absolute atomic E-state index is 0.147. The first-order valence-electron chi connectivity index (χ1n) is 4.46. The van der Waals surface area contributed by atoms with Gasteiger partial charge in [-0.3, -0.25) is 10.1 Å². The summed E-state index contributed by atoms with van der Waals surface area (Å²) in [5.74, 6) is -0.721. The topological polar surface area (TPSA) is 91.6 Å². The average molecular weight is 226 g/mol. The van der Waals surface area contributed by atoms with E-state index in [0.29, 0.717) is 6.61 Å². The summed E-state index contributed by atoms with van der Waals surface area (Å²) in [4.78, 5) is 24.9. The molecule has 1 aromatic rings. The van der Waals surface area contributed by atoms with Gasteiger partial charge in [0.25, 0.3) is 0 Å². The number of hydrogen-bond donors (Lipinski definition) is 0. The third kappa shape index (κ3) is 2.44. The van der Waals surface area contributed by atoms with Gasteiger partial charge < -0.3 is 9.47 Å². The first kappa shape index (κ1) is 11.9. The maximum Gasteiger partial charge on any atom is 0.364 e. The standard InChI is InChI=1S/C9H10N2O5/c1-3-16-7-5-4-6(11(13)14)8(10-7)9(12)15-2/h4-5H,3H2,1-2H3. The lowest BCUT2D eigenvalue weighted by atomic mass is 10.3. The lowest BCUT2D eigenvalue weighted by Crippen LogP contribution is -2.09. The third-order valence-corrected chi connectivity index (χ3v) is 1.72. The van der Waals surface area contributed by atoms with Gasteiger partial charge in [0.1, 0.15) is 0 Å². The Kier molecular flexibility index (Phi) is 3.76. The molecule has 86 valence electrons. The largest absolute Gasteiger partial charge is 0.478 e. The zero-order chi connectivity index (χ0) is 12.1. The lowest BCUT2D eigenvalue weighted by molar-refractivity contribution is -0.385. The van der Waals surface area contributed by atoms with E-state index in [9.17, 15) is 14.9 Å². The van der Waals surface area contributed by atoms with E-state index in [1.165, 1.54) is 6.07 Å². The molecule has 0 bridgehead atoms. The number of rotatable bonds is 4. The Morgan fingerprint density at radius 1 is 1.56 bits per heavy atom. The van der Waals surface area contributed by atoms with Crippen LogP contribution in [0.3, 0.4) is 0 Å². The SMILES string of the molecule is CCOc1ccc([N+](=O)[O-])c(C(=O)OC)n1. The van der Waals surface area contributed by atoms with Crippen LogP contribution in [0.1, 0.15) is 17.4 Å². The van der Waals surface area contributed by atoms with Gasteiger partial charge in [0.15, 0.2) is 0 Å². The van der Waals surface area contributed by atoms with Gasteiger partial charge in [-0.05, 0) is 6.92 Å². The van der Waals surface area contributed by atoms with Crippen LogP contribution in [0, 0.1) is 10.1 Å². The molecule has 16 heavy (non-hydrogen) atoms. The number of hydrogen-bond acceptors (Lipinski definition) is 6. The number of nitro groups is 1. The summed E-state index contributed by atoms with van der Waals surface area (Å²) in [6, 6.07) is 2.48. The van der Waals surface area contributed by atoms with E-state index >= 15 is 0 Å². The Labute approximate surface area is 91.2 Å². The van der Waals surface area contributed by atoms with Gasteiger partial charge in [-0.1, -0.05) is 0 Å². The van der Waals surface area contributed by atoms with Crippen molar-refractivity contribution in [2.45, 2.75) is 6.92 Å². The van der Waals surface area contributed by atoms with E-state index in [4.69, 9.17) is 4.74 Å². The number of aromatic nitrogens is 1. The molecule has 0 aliphatic heterocycles. The van der Waals surface area contributed by atoms with Gasteiger partial charge in [-0.25, -0.2) is 4.79 Å². The molecule has 0 unspecified atom stereocenters. The van der Waals surface area contributed by atoms with E-state index in [2.05, 4.69) is 9.72 Å². The molecule has 0 atom stereocenters. The minimum atomic E-state index is -0.867. The van der Waals surface area contributed by atoms with Gasteiger partial charge in [0, 0.05) is 12.1 Å². The highest BCUT2D eigenvalue weighted by molar-refractivity contribution is 5.91. The van der Waals surface area contributed by atoms with Crippen LogP contribution in [0.25, 0.3) is 0 Å². The predicted octanol–water partition coefficient (Wildman–Crippen LogP) is 1.18. The molecule has 0 fully saturated rings. The van der Waals surface area contributed by atoms with Crippen molar-refractivity contribution in [2.75, 3.05) is 13.7 Å². The summed E-state index contributed by atoms with van der Waals surface area (Å²) in [6.07, 6.45) is 0. The molecule has 0 aliphatic rings. The summed E-state index contributed by atoms with van der Waals surface area (Å²) < 4.78 is 9.43. The number of carbonyl (C=O) groups excluding carboxylic acids is 1. The van der Waals surface area contributed by atoms with Crippen LogP contribution in [0.4, 0.5) is 5.69 Å². The Morgan fingerprint density at radius 3 is 2.75 bits per heavy atom. The molecule has 0 amide bonds. The molecule has 7 nitrogen and oxygen atoms in total. The first-order valence-corrected chi connectivity index (χ1v) is 4.46. The van der Waals surface area contributed by atoms with Gasteiger partial charge in [-0.2, -0.15) is 4.98 Å². The molecule has 1 heterocycles. The number of nitrogens with zero attached hydrogens (tertiary/aromatic N) is 2. The Morgan fingerprint density at radius 2 is 2.25 bits per heavy atom. The molecular weight excluding hydrogens is 216 g/mol. The van der Waals surface area contributed by atoms with Crippen molar-refractivity contribution in [1.82, 2.24) is 4.98 Å². The third-order valence-electron chi connectivity index (χ3n) is 1.72. The molecule has 0 N–H and O–H groups in total. The van der Waals surface area contributed by atoms with Crippen molar-refractivity contribution >= 4 is 11.7 Å². The van der Waals surface area contributed by atoms with Crippen molar-refractivity contribution < 1.29 is 19.2 Å². The fourth-order valence-corrected chi connectivity index (χ4v) is 1.06. The molecule has 7 heteroatoms. The number of esters is 1. The maximum absolute atomic E-state index is 11.3. The van der Waals surface area contributed by atoms with Crippen molar-refractivity contribution in [3.8, 4) is 5.88 Å². The fourth-order valence-electron chi connectivity index (χ4n) is 1.06. The van der Waals surface area contributed by atoms with Gasteiger partial charge in [0.05, 0.1) is 18.6 Å². The van der Waals surface area contributed by atoms with E-state index in [-0.39, 0.29) is 11.6 Å². The molecule has 1 aromatic heterocycles. The zero-order valence-corrected chi connectivity index (χ0v) is 8.80. The van der Waals surface area contributed by atoms with Gasteiger partial charge in [0.2, 0.25) is 11.6 Å². The quantitative estimate of drug-likeness (QED) is 0.434. The predicted molar refractivity (Wildman–Crippen MR) is 53.4 cm³/mol. The van der Waals surface area contributed by atoms with Crippen LogP contribution in [0.5, 0.6) is 5.88 Å². The summed E-state index contributed by atoms with van der Waals surface area (Å²) in [5, 5.41) is 10.6. The summed E-state index contributed by atoms with van der Waals surface area (Å²) in [6.45, 7) is 2.09. The monoisotopic (exact) mass is 226 g/mol. The minimum Gasteiger partial charge on any atom is -0.478 e. The number of ether oxygens (including phenoxy) is 2. The van der Waals surface area contributed by atoms with E-state index in [0.717, 1.165) is 13.2 Å². The van der Waals surface area contributed by atoms with E-state index in [1.807, 2.05) is 0 Å². The summed E-state index contributed by atoms with van der Waals surface area (Å²) in [7, 11) is 1.13. The smallest absolute Gasteiger partial charge is 0.364 e. The average Bonchev–Trinajstić information content (AvgIpc) is 2.28. The number of carbonyl (C=O) groups is 1. The van der Waals surface area contributed by atoms with Gasteiger partial charge in [-0.15, -0.1) is 0 Å².